The Kier molecular flexibility index (Phi) is 9.48. The highest BCUT2D eigenvalue weighted by Crippen LogP contribution is 2.32. The van der Waals surface area contributed by atoms with Gasteiger partial charge in [0.25, 0.3) is 7.82 Å². The van der Waals surface area contributed by atoms with E-state index in [0.29, 0.717) is 5.02 Å². The van der Waals surface area contributed by atoms with E-state index in [2.05, 4.69) is 42.1 Å². The number of nitrogens with zero attached hydrogens (tertiary/aromatic N) is 1. The Labute approximate surface area is 153 Å². The van der Waals surface area contributed by atoms with Crippen molar-refractivity contribution in [2.24, 2.45) is 0 Å². The van der Waals surface area contributed by atoms with Crippen LogP contribution in [0.3, 0.4) is 0 Å². The Bertz CT molecular complexity index is 689. The molecular weight excluding hydrogens is 426 g/mol. The largest absolute Gasteiger partial charge is 0.756 e. The molecule has 0 bridgehead atoms. The van der Waals surface area contributed by atoms with Crippen LogP contribution in [0.1, 0.15) is 0 Å². The minimum absolute atomic E-state index is 0.238. The number of phosphoric acid groups is 1. The third kappa shape index (κ3) is 11.0. The van der Waals surface area contributed by atoms with Gasteiger partial charge in [0.2, 0.25) is 0 Å². The van der Waals surface area contributed by atoms with E-state index in [4.69, 9.17) is 36.0 Å². The van der Waals surface area contributed by atoms with Crippen molar-refractivity contribution in [2.45, 2.75) is 0 Å². The van der Waals surface area contributed by atoms with Crippen LogP contribution in [0, 0.1) is 0 Å². The molecule has 0 aliphatic heterocycles. The lowest BCUT2D eigenvalue weighted by atomic mass is 10.2. The monoisotopic (exact) mass is 446 g/mol. The molecular formula is C13H21BrClN2O6P. The topological polar surface area (TPSA) is 137 Å². The number of aromatic amines is 1. The molecule has 0 aliphatic carbocycles. The first-order chi connectivity index (χ1) is 10.7. The van der Waals surface area contributed by atoms with Crippen molar-refractivity contribution < 1.29 is 33.9 Å². The Morgan fingerprint density at radius 2 is 1.83 bits per heavy atom. The van der Waals surface area contributed by atoms with Gasteiger partial charge in [-0.05, 0) is 28.1 Å². The van der Waals surface area contributed by atoms with Crippen LogP contribution in [0.4, 0.5) is 0 Å². The summed E-state index contributed by atoms with van der Waals surface area (Å²) in [4.78, 5) is 25.8. The predicted molar refractivity (Wildman–Crippen MR) is 94.7 cm³/mol. The van der Waals surface area contributed by atoms with E-state index in [-0.39, 0.29) is 12.4 Å². The second-order valence-corrected chi connectivity index (χ2v) is 7.96. The summed E-state index contributed by atoms with van der Waals surface area (Å²) in [6.07, 6.45) is 1.54. The fourth-order valence-electron chi connectivity index (χ4n) is 1.40. The number of halogens is 2. The van der Waals surface area contributed by atoms with Crippen molar-refractivity contribution in [2.75, 3.05) is 34.3 Å². The standard InChI is InChI=1S/C8H5BrClNO.C5H14NO.H3O4P/c9-5-1-4-7(2-6(5)10)11-3-8(4)12;1-6(2,3)4-5-7;1-5(2,3)4/h1-3,11-12H;7H,4-5H2,1-3H3;(H3,1,2,3,4)/q;+1;/p-1. The Morgan fingerprint density at radius 1 is 1.33 bits per heavy atom. The van der Waals surface area contributed by atoms with Crippen LogP contribution in [-0.4, -0.2) is 63.8 Å². The molecule has 0 saturated heterocycles. The second-order valence-electron chi connectivity index (χ2n) is 5.71. The minimum Gasteiger partial charge on any atom is -0.756 e. The third-order valence-electron chi connectivity index (χ3n) is 2.47. The SMILES string of the molecule is C[N+](C)(C)CCO.O=P([O-])(O)O.Oc1c[nH]c2cc(Cl)c(Br)cc12. The maximum Gasteiger partial charge on any atom is 0.262 e. The minimum atomic E-state index is -4.89. The molecule has 0 saturated carbocycles. The highest BCUT2D eigenvalue weighted by atomic mass is 79.9. The van der Waals surface area contributed by atoms with Crippen LogP contribution in [0.25, 0.3) is 10.9 Å². The number of aromatic hydroxyl groups is 1. The van der Waals surface area contributed by atoms with E-state index in [1.807, 2.05) is 0 Å². The molecule has 1 aromatic carbocycles. The van der Waals surface area contributed by atoms with Gasteiger partial charge in [0.15, 0.2) is 0 Å². The molecule has 0 unspecified atom stereocenters. The van der Waals surface area contributed by atoms with E-state index < -0.39 is 7.82 Å². The first kappa shape index (κ1) is 23.4. The molecule has 0 atom stereocenters. The number of hydrogen-bond acceptors (Lipinski definition) is 4. The highest BCUT2D eigenvalue weighted by Gasteiger charge is 2.05. The number of H-pyrrole nitrogens is 1. The van der Waals surface area contributed by atoms with Crippen LogP contribution < -0.4 is 4.89 Å². The number of nitrogens with one attached hydrogen (secondary N) is 1. The number of aliphatic hydroxyl groups excluding tert-OH is 1. The molecule has 1 heterocycles. The fraction of sp³-hybridized carbons (Fsp3) is 0.385. The highest BCUT2D eigenvalue weighted by molar-refractivity contribution is 9.10. The van der Waals surface area contributed by atoms with E-state index in [1.54, 1.807) is 12.1 Å². The first-order valence-corrected chi connectivity index (χ1v) is 9.27. The molecule has 0 spiro atoms. The first-order valence-electron chi connectivity index (χ1n) is 6.57. The van der Waals surface area contributed by atoms with E-state index in [0.717, 1.165) is 26.4 Å². The molecule has 24 heavy (non-hydrogen) atoms. The fourth-order valence-corrected chi connectivity index (χ4v) is 1.91. The van der Waals surface area contributed by atoms with Crippen molar-refractivity contribution >= 4 is 46.3 Å². The van der Waals surface area contributed by atoms with Gasteiger partial charge in [0.1, 0.15) is 12.3 Å². The number of likely N-dealkylation sites (N-methyl/N-ethyl adjacent to an activating group) is 1. The van der Waals surface area contributed by atoms with Crippen LogP contribution in [0.2, 0.25) is 5.02 Å². The van der Waals surface area contributed by atoms with Crippen molar-refractivity contribution in [3.8, 4) is 5.75 Å². The molecule has 138 valence electrons. The maximum absolute atomic E-state index is 9.33. The molecule has 1 aromatic heterocycles. The van der Waals surface area contributed by atoms with Crippen molar-refractivity contribution in [1.82, 2.24) is 4.98 Å². The summed E-state index contributed by atoms with van der Waals surface area (Å²) in [7, 11) is 1.27. The normalized spacial score (nSPS) is 11.4. The molecule has 11 heteroatoms. The number of benzene rings is 1. The summed E-state index contributed by atoms with van der Waals surface area (Å²) < 4.78 is 10.4. The molecule has 0 radical (unpaired) electrons. The summed E-state index contributed by atoms with van der Waals surface area (Å²) in [5.41, 5.74) is 0.834. The smallest absolute Gasteiger partial charge is 0.262 e. The Hall–Kier alpha value is -0.640. The van der Waals surface area contributed by atoms with Gasteiger partial charge in [-0.15, -0.1) is 0 Å². The second kappa shape index (κ2) is 9.74. The maximum atomic E-state index is 9.33. The van der Waals surface area contributed by atoms with Crippen molar-refractivity contribution in [1.29, 1.82) is 0 Å². The zero-order valence-corrected chi connectivity index (χ0v) is 16.6. The molecule has 0 amide bonds. The summed E-state index contributed by atoms with van der Waals surface area (Å²) in [5.74, 6) is 0.238. The van der Waals surface area contributed by atoms with Gasteiger partial charge in [-0.3, -0.25) is 4.57 Å². The lowest BCUT2D eigenvalue weighted by Gasteiger charge is -2.21. The average molecular weight is 448 g/mol. The van der Waals surface area contributed by atoms with Crippen molar-refractivity contribution in [3.63, 3.8) is 0 Å². The molecule has 2 rings (SSSR count). The lowest BCUT2D eigenvalue weighted by Crippen LogP contribution is -2.36. The number of aromatic nitrogens is 1. The van der Waals surface area contributed by atoms with E-state index in [1.165, 1.54) is 6.20 Å². The van der Waals surface area contributed by atoms with Crippen molar-refractivity contribution in [3.05, 3.63) is 27.8 Å². The number of quaternary nitrogens is 1. The number of hydrogen-bond donors (Lipinski definition) is 5. The van der Waals surface area contributed by atoms with Crippen LogP contribution in [-0.2, 0) is 4.57 Å². The molecule has 0 aliphatic rings. The predicted octanol–water partition coefficient (Wildman–Crippen LogP) is 1.41. The van der Waals surface area contributed by atoms with Gasteiger partial charge in [-0.25, -0.2) is 0 Å². The molecule has 8 nitrogen and oxygen atoms in total. The average Bonchev–Trinajstić information content (AvgIpc) is 2.69. The van der Waals surface area contributed by atoms with Gasteiger partial charge >= 0.3 is 0 Å². The summed E-state index contributed by atoms with van der Waals surface area (Å²) in [6.45, 7) is 1.11. The molecule has 2 aromatic rings. The third-order valence-corrected chi connectivity index (χ3v) is 3.67. The van der Waals surface area contributed by atoms with Gasteiger partial charge in [-0.2, -0.15) is 0 Å². The zero-order chi connectivity index (χ0) is 19.1. The Morgan fingerprint density at radius 3 is 2.21 bits per heavy atom. The summed E-state index contributed by atoms with van der Waals surface area (Å²) in [5, 5.41) is 19.1. The number of aliphatic hydroxyl groups is 1. The van der Waals surface area contributed by atoms with Gasteiger partial charge < -0.3 is 34.4 Å². The van der Waals surface area contributed by atoms with Crippen LogP contribution in [0.5, 0.6) is 5.75 Å². The van der Waals surface area contributed by atoms with Gasteiger partial charge in [0, 0.05) is 16.1 Å². The van der Waals surface area contributed by atoms with E-state index >= 15 is 0 Å². The van der Waals surface area contributed by atoms with Gasteiger partial charge in [-0.1, -0.05) is 11.6 Å². The number of rotatable bonds is 2. The number of fused-ring (bicyclic) bond motifs is 1. The van der Waals surface area contributed by atoms with Crippen LogP contribution in [0.15, 0.2) is 22.8 Å². The summed E-state index contributed by atoms with van der Waals surface area (Å²) >= 11 is 9.13. The van der Waals surface area contributed by atoms with E-state index in [9.17, 15) is 5.11 Å². The molecule has 0 fully saturated rings. The quantitative estimate of drug-likeness (QED) is 0.349. The lowest BCUT2D eigenvalue weighted by molar-refractivity contribution is -0.870. The summed E-state index contributed by atoms with van der Waals surface area (Å²) in [6, 6.07) is 3.55. The zero-order valence-electron chi connectivity index (χ0n) is 13.4. The van der Waals surface area contributed by atoms with Crippen LogP contribution >= 0.6 is 35.4 Å². The molecule has 5 N–H and O–H groups in total. The Balaban J connectivity index is 0.000000379. The van der Waals surface area contributed by atoms with Gasteiger partial charge in [0.05, 0.1) is 38.3 Å².